The van der Waals surface area contributed by atoms with Crippen LogP contribution in [0.4, 0.5) is 10.5 Å². The number of carbonyl (C=O) groups excluding carboxylic acids is 1. The molecule has 8 nitrogen and oxygen atoms in total. The minimum atomic E-state index is -2.05. The Morgan fingerprint density at radius 3 is 2.61 bits per heavy atom. The predicted octanol–water partition coefficient (Wildman–Crippen LogP) is 0.718. The molecule has 3 rings (SSSR count). The maximum Gasteiger partial charge on any atom is 0.319 e. The molecule has 23 heavy (non-hydrogen) atoms. The van der Waals surface area contributed by atoms with E-state index in [1.54, 1.807) is 53.0 Å². The van der Waals surface area contributed by atoms with E-state index in [1.165, 1.54) is 0 Å². The van der Waals surface area contributed by atoms with Gasteiger partial charge in [0.05, 0.1) is 10.6 Å². The largest absolute Gasteiger partial charge is 0.365 e. The molecule has 0 radical (unpaired) electrons. The number of piperazine rings is 1. The molecule has 1 N–H and O–H groups in total. The first-order valence-corrected chi connectivity index (χ1v) is 8.37. The van der Waals surface area contributed by atoms with Crippen molar-refractivity contribution < 1.29 is 13.6 Å². The SMILES string of the molecule is CN(C)C(=O)N1CCN(c2cc(S(=O)O)cn3ccnc23)CC1. The van der Waals surface area contributed by atoms with E-state index in [4.69, 9.17) is 0 Å². The first-order valence-electron chi connectivity index (χ1n) is 7.26. The molecule has 1 atom stereocenters. The normalized spacial score (nSPS) is 16.7. The Kier molecular flexibility index (Phi) is 4.22. The Hall–Kier alpha value is -2.13. The Morgan fingerprint density at radius 2 is 2.00 bits per heavy atom. The number of rotatable bonds is 2. The fraction of sp³-hybridized carbons (Fsp3) is 0.429. The monoisotopic (exact) mass is 337 g/mol. The van der Waals surface area contributed by atoms with Crippen LogP contribution in [0.15, 0.2) is 29.6 Å². The lowest BCUT2D eigenvalue weighted by atomic mass is 10.2. The van der Waals surface area contributed by atoms with Crippen LogP contribution in [0.5, 0.6) is 0 Å². The third-order valence-electron chi connectivity index (χ3n) is 3.92. The second-order valence-electron chi connectivity index (χ2n) is 5.62. The number of hydrogen-bond donors (Lipinski definition) is 1. The topological polar surface area (TPSA) is 81.4 Å². The summed E-state index contributed by atoms with van der Waals surface area (Å²) >= 11 is -2.05. The van der Waals surface area contributed by atoms with Gasteiger partial charge in [0.1, 0.15) is 0 Å². The van der Waals surface area contributed by atoms with Gasteiger partial charge in [-0.2, -0.15) is 0 Å². The number of amides is 2. The van der Waals surface area contributed by atoms with Crippen LogP contribution in [0.1, 0.15) is 0 Å². The molecule has 1 aliphatic heterocycles. The van der Waals surface area contributed by atoms with Crippen molar-refractivity contribution in [3.8, 4) is 0 Å². The van der Waals surface area contributed by atoms with Crippen molar-refractivity contribution >= 4 is 28.4 Å². The van der Waals surface area contributed by atoms with Crippen molar-refractivity contribution in [2.75, 3.05) is 45.2 Å². The van der Waals surface area contributed by atoms with Gasteiger partial charge < -0.3 is 23.7 Å². The number of hydrogen-bond acceptors (Lipinski definition) is 4. The van der Waals surface area contributed by atoms with Crippen LogP contribution in [-0.4, -0.2) is 74.3 Å². The number of nitrogens with zero attached hydrogens (tertiary/aromatic N) is 5. The van der Waals surface area contributed by atoms with Gasteiger partial charge in [-0.25, -0.2) is 14.0 Å². The summed E-state index contributed by atoms with van der Waals surface area (Å²) in [6.45, 7) is 2.53. The van der Waals surface area contributed by atoms with Crippen LogP contribution in [0.25, 0.3) is 5.65 Å². The Morgan fingerprint density at radius 1 is 1.30 bits per heavy atom. The van der Waals surface area contributed by atoms with Gasteiger partial charge in [0.15, 0.2) is 16.7 Å². The first-order chi connectivity index (χ1) is 11.0. The number of aromatic nitrogens is 2. The third-order valence-corrected chi connectivity index (χ3v) is 4.54. The van der Waals surface area contributed by atoms with Crippen LogP contribution in [0.2, 0.25) is 0 Å². The molecule has 2 aromatic heterocycles. The number of imidazole rings is 1. The number of carbonyl (C=O) groups is 1. The van der Waals surface area contributed by atoms with Crippen molar-refractivity contribution in [2.45, 2.75) is 4.90 Å². The summed E-state index contributed by atoms with van der Waals surface area (Å²) in [6, 6.07) is 1.70. The standard InChI is InChI=1S/C14H19N5O3S/c1-16(2)14(20)18-7-5-17(6-8-18)12-9-11(23(21)22)10-19-4-3-15-13(12)19/h3-4,9-10H,5-8H2,1-2H3,(H,21,22). The van der Waals surface area contributed by atoms with Crippen LogP contribution >= 0.6 is 0 Å². The average Bonchev–Trinajstić information content (AvgIpc) is 3.01. The summed E-state index contributed by atoms with van der Waals surface area (Å²) in [7, 11) is 3.48. The molecular weight excluding hydrogens is 318 g/mol. The van der Waals surface area contributed by atoms with Crippen molar-refractivity contribution in [1.29, 1.82) is 0 Å². The highest BCUT2D eigenvalue weighted by Crippen LogP contribution is 2.25. The lowest BCUT2D eigenvalue weighted by molar-refractivity contribution is 0.168. The van der Waals surface area contributed by atoms with Gasteiger partial charge >= 0.3 is 6.03 Å². The van der Waals surface area contributed by atoms with Gasteiger partial charge in [-0.1, -0.05) is 0 Å². The third kappa shape index (κ3) is 3.02. The quantitative estimate of drug-likeness (QED) is 0.817. The van der Waals surface area contributed by atoms with E-state index in [0.717, 1.165) is 11.3 Å². The summed E-state index contributed by atoms with van der Waals surface area (Å²) in [4.78, 5) is 22.1. The van der Waals surface area contributed by atoms with Gasteiger partial charge in [0.2, 0.25) is 0 Å². The Labute approximate surface area is 136 Å². The maximum absolute atomic E-state index is 12.0. The molecule has 0 aromatic carbocycles. The second-order valence-corrected chi connectivity index (χ2v) is 6.59. The molecule has 9 heteroatoms. The number of anilines is 1. The van der Waals surface area contributed by atoms with E-state index >= 15 is 0 Å². The molecule has 0 spiro atoms. The first kappa shape index (κ1) is 15.8. The molecule has 1 unspecified atom stereocenters. The highest BCUT2D eigenvalue weighted by molar-refractivity contribution is 7.79. The highest BCUT2D eigenvalue weighted by atomic mass is 32.2. The molecule has 2 amide bonds. The van der Waals surface area contributed by atoms with Crippen molar-refractivity contribution in [2.24, 2.45) is 0 Å². The lowest BCUT2D eigenvalue weighted by Crippen LogP contribution is -2.51. The molecule has 1 fully saturated rings. The maximum atomic E-state index is 12.0. The van der Waals surface area contributed by atoms with Gasteiger partial charge in [-0.15, -0.1) is 0 Å². The summed E-state index contributed by atoms with van der Waals surface area (Å²) in [5, 5.41) is 0. The van der Waals surface area contributed by atoms with Crippen molar-refractivity contribution in [1.82, 2.24) is 19.2 Å². The zero-order valence-corrected chi connectivity index (χ0v) is 13.9. The fourth-order valence-electron chi connectivity index (χ4n) is 2.74. The number of fused-ring (bicyclic) bond motifs is 1. The molecule has 0 aliphatic carbocycles. The van der Waals surface area contributed by atoms with E-state index < -0.39 is 11.1 Å². The van der Waals surface area contributed by atoms with E-state index in [0.29, 0.717) is 31.1 Å². The van der Waals surface area contributed by atoms with Gasteiger partial charge in [0, 0.05) is 58.9 Å². The van der Waals surface area contributed by atoms with E-state index in [9.17, 15) is 13.6 Å². The number of pyridine rings is 1. The van der Waals surface area contributed by atoms with E-state index in [-0.39, 0.29) is 6.03 Å². The molecule has 124 valence electrons. The van der Waals surface area contributed by atoms with E-state index in [2.05, 4.69) is 9.88 Å². The summed E-state index contributed by atoms with van der Waals surface area (Å²) in [6.07, 6.45) is 5.02. The Balaban J connectivity index is 1.86. The summed E-state index contributed by atoms with van der Waals surface area (Å²) in [5.41, 5.74) is 1.55. The molecule has 1 saturated heterocycles. The van der Waals surface area contributed by atoms with Crippen molar-refractivity contribution in [3.05, 3.63) is 24.7 Å². The number of urea groups is 1. The van der Waals surface area contributed by atoms with Crippen molar-refractivity contribution in [3.63, 3.8) is 0 Å². The summed E-state index contributed by atoms with van der Waals surface area (Å²) < 4.78 is 22.5. The zero-order chi connectivity index (χ0) is 16.6. The minimum absolute atomic E-state index is 0.000760. The van der Waals surface area contributed by atoms with E-state index in [1.807, 2.05) is 0 Å². The molecule has 3 heterocycles. The van der Waals surface area contributed by atoms with Gasteiger partial charge in [-0.05, 0) is 6.07 Å². The summed E-state index contributed by atoms with van der Waals surface area (Å²) in [5.74, 6) is 0. The predicted molar refractivity (Wildman–Crippen MR) is 87.1 cm³/mol. The fourth-order valence-corrected chi connectivity index (χ4v) is 3.16. The molecule has 1 aliphatic rings. The lowest BCUT2D eigenvalue weighted by Gasteiger charge is -2.37. The Bertz CT molecular complexity index is 752. The highest BCUT2D eigenvalue weighted by Gasteiger charge is 2.24. The van der Waals surface area contributed by atoms with Gasteiger partial charge in [0.25, 0.3) is 0 Å². The minimum Gasteiger partial charge on any atom is -0.365 e. The molecule has 2 aromatic rings. The second kappa shape index (κ2) is 6.17. The van der Waals surface area contributed by atoms with Crippen LogP contribution in [0.3, 0.4) is 0 Å². The molecular formula is C14H19N5O3S. The molecule has 0 bridgehead atoms. The molecule has 0 saturated carbocycles. The van der Waals surface area contributed by atoms with Gasteiger partial charge in [-0.3, -0.25) is 0 Å². The average molecular weight is 337 g/mol. The van der Waals surface area contributed by atoms with Crippen LogP contribution < -0.4 is 4.90 Å². The smallest absolute Gasteiger partial charge is 0.319 e. The van der Waals surface area contributed by atoms with Crippen LogP contribution in [0, 0.1) is 0 Å². The zero-order valence-electron chi connectivity index (χ0n) is 13.0. The van der Waals surface area contributed by atoms with Crippen LogP contribution in [-0.2, 0) is 11.1 Å².